The van der Waals surface area contributed by atoms with Crippen LogP contribution in [0.1, 0.15) is 16.5 Å². The number of benzene rings is 2. The van der Waals surface area contributed by atoms with E-state index in [2.05, 4.69) is 0 Å². The molecule has 0 N–H and O–H groups in total. The minimum atomic E-state index is -0.445. The summed E-state index contributed by atoms with van der Waals surface area (Å²) in [5.74, 6) is 0.354. The van der Waals surface area contributed by atoms with Crippen LogP contribution in [0.25, 0.3) is 0 Å². The van der Waals surface area contributed by atoms with Crippen molar-refractivity contribution in [3.8, 4) is 5.75 Å². The van der Waals surface area contributed by atoms with Crippen molar-refractivity contribution in [3.05, 3.63) is 64.4 Å². The predicted molar refractivity (Wildman–Crippen MR) is 76.7 cm³/mol. The van der Waals surface area contributed by atoms with Crippen molar-refractivity contribution in [3.63, 3.8) is 0 Å². The molecule has 0 bridgehead atoms. The van der Waals surface area contributed by atoms with Gasteiger partial charge in [-0.15, -0.1) is 11.6 Å². The molecule has 0 spiro atoms. The topological polar surface area (TPSA) is 9.23 Å². The van der Waals surface area contributed by atoms with E-state index in [0.717, 1.165) is 16.9 Å². The Morgan fingerprint density at radius 2 is 1.84 bits per heavy atom. The molecule has 0 aliphatic heterocycles. The Bertz CT molecular complexity index is 555. The van der Waals surface area contributed by atoms with E-state index in [-0.39, 0.29) is 10.4 Å². The van der Waals surface area contributed by atoms with E-state index < -0.39 is 5.82 Å². The van der Waals surface area contributed by atoms with Gasteiger partial charge in [0.2, 0.25) is 0 Å². The zero-order chi connectivity index (χ0) is 13.8. The van der Waals surface area contributed by atoms with E-state index in [4.69, 9.17) is 27.9 Å². The van der Waals surface area contributed by atoms with Gasteiger partial charge in [-0.2, -0.15) is 0 Å². The van der Waals surface area contributed by atoms with Gasteiger partial charge in [0.1, 0.15) is 11.6 Å². The molecule has 19 heavy (non-hydrogen) atoms. The smallest absolute Gasteiger partial charge is 0.142 e. The highest BCUT2D eigenvalue weighted by Gasteiger charge is 2.11. The van der Waals surface area contributed by atoms with Gasteiger partial charge in [-0.3, -0.25) is 0 Å². The Morgan fingerprint density at radius 3 is 2.42 bits per heavy atom. The normalized spacial score (nSPS) is 12.2. The van der Waals surface area contributed by atoms with Gasteiger partial charge in [-0.05, 0) is 41.8 Å². The molecule has 4 heteroatoms. The van der Waals surface area contributed by atoms with Crippen molar-refractivity contribution in [2.24, 2.45) is 0 Å². The van der Waals surface area contributed by atoms with Gasteiger partial charge < -0.3 is 4.74 Å². The van der Waals surface area contributed by atoms with Gasteiger partial charge in [0.15, 0.2) is 0 Å². The first-order valence-corrected chi connectivity index (χ1v) is 6.63. The quantitative estimate of drug-likeness (QED) is 0.721. The highest BCUT2D eigenvalue weighted by molar-refractivity contribution is 6.30. The summed E-state index contributed by atoms with van der Waals surface area (Å²) in [5, 5.41) is -0.183. The minimum Gasteiger partial charge on any atom is -0.497 e. The van der Waals surface area contributed by atoms with Crippen molar-refractivity contribution in [2.75, 3.05) is 7.11 Å². The van der Waals surface area contributed by atoms with Crippen LogP contribution in [0.4, 0.5) is 4.39 Å². The van der Waals surface area contributed by atoms with E-state index in [1.165, 1.54) is 12.1 Å². The molecule has 2 aromatic rings. The summed E-state index contributed by atoms with van der Waals surface area (Å²) in [6.45, 7) is 0. The second-order valence-electron chi connectivity index (χ2n) is 4.19. The average molecular weight is 299 g/mol. The first-order chi connectivity index (χ1) is 9.10. The third-order valence-corrected chi connectivity index (χ3v) is 3.59. The van der Waals surface area contributed by atoms with Gasteiger partial charge in [0, 0.05) is 0 Å². The number of ether oxygens (including phenoxy) is 1. The number of halogens is 3. The Hall–Kier alpha value is -1.25. The fraction of sp³-hybridized carbons (Fsp3) is 0.200. The summed E-state index contributed by atoms with van der Waals surface area (Å²) in [6, 6.07) is 12.3. The van der Waals surface area contributed by atoms with E-state index in [9.17, 15) is 4.39 Å². The number of hydrogen-bond donors (Lipinski definition) is 0. The maximum absolute atomic E-state index is 13.4. The van der Waals surface area contributed by atoms with Crippen molar-refractivity contribution in [1.29, 1.82) is 0 Å². The summed E-state index contributed by atoms with van der Waals surface area (Å²) in [5.41, 5.74) is 1.79. The molecule has 100 valence electrons. The molecule has 0 heterocycles. The van der Waals surface area contributed by atoms with Crippen LogP contribution in [0.3, 0.4) is 0 Å². The SMILES string of the molecule is COc1ccc(CC(Cl)c2ccc(Cl)c(F)c2)cc1. The summed E-state index contributed by atoms with van der Waals surface area (Å²) < 4.78 is 18.5. The van der Waals surface area contributed by atoms with Crippen LogP contribution < -0.4 is 4.74 Å². The van der Waals surface area contributed by atoms with Gasteiger partial charge in [-0.25, -0.2) is 4.39 Å². The number of hydrogen-bond acceptors (Lipinski definition) is 1. The Balaban J connectivity index is 2.10. The maximum Gasteiger partial charge on any atom is 0.142 e. The second kappa shape index (κ2) is 6.27. The van der Waals surface area contributed by atoms with Crippen molar-refractivity contribution < 1.29 is 9.13 Å². The van der Waals surface area contributed by atoms with Crippen LogP contribution in [0.2, 0.25) is 5.02 Å². The highest BCUT2D eigenvalue weighted by Crippen LogP contribution is 2.28. The molecule has 1 nitrogen and oxygen atoms in total. The lowest BCUT2D eigenvalue weighted by Crippen LogP contribution is -1.97. The fourth-order valence-corrected chi connectivity index (χ4v) is 2.23. The molecule has 2 rings (SSSR count). The molecular formula is C15H13Cl2FO. The van der Waals surface area contributed by atoms with Gasteiger partial charge in [0.05, 0.1) is 17.5 Å². The molecule has 1 unspecified atom stereocenters. The van der Waals surface area contributed by atoms with E-state index in [1.54, 1.807) is 13.2 Å². The first-order valence-electron chi connectivity index (χ1n) is 5.82. The third kappa shape index (κ3) is 3.62. The molecular weight excluding hydrogens is 286 g/mol. The minimum absolute atomic E-state index is 0.108. The second-order valence-corrected chi connectivity index (χ2v) is 5.13. The summed E-state index contributed by atoms with van der Waals surface area (Å²) in [7, 11) is 1.62. The lowest BCUT2D eigenvalue weighted by atomic mass is 10.0. The molecule has 0 radical (unpaired) electrons. The number of rotatable bonds is 4. The summed E-state index contributed by atoms with van der Waals surface area (Å²) in [4.78, 5) is 0. The molecule has 0 saturated heterocycles. The Labute approximate surface area is 121 Å². The highest BCUT2D eigenvalue weighted by atomic mass is 35.5. The first kappa shape index (κ1) is 14.2. The predicted octanol–water partition coefficient (Wildman–Crippen LogP) is 5.01. The van der Waals surface area contributed by atoms with Crippen LogP contribution in [0, 0.1) is 5.82 Å². The van der Waals surface area contributed by atoms with Gasteiger partial charge in [-0.1, -0.05) is 29.8 Å². The van der Waals surface area contributed by atoms with E-state index in [1.807, 2.05) is 24.3 Å². The Kier molecular flexibility index (Phi) is 4.67. The fourth-order valence-electron chi connectivity index (χ4n) is 1.79. The van der Waals surface area contributed by atoms with Crippen LogP contribution >= 0.6 is 23.2 Å². The lowest BCUT2D eigenvalue weighted by Gasteiger charge is -2.11. The summed E-state index contributed by atoms with van der Waals surface area (Å²) in [6.07, 6.45) is 0.618. The van der Waals surface area contributed by atoms with Crippen LogP contribution in [0.5, 0.6) is 5.75 Å². The molecule has 0 aromatic heterocycles. The van der Waals surface area contributed by atoms with Gasteiger partial charge >= 0.3 is 0 Å². The lowest BCUT2D eigenvalue weighted by molar-refractivity contribution is 0.414. The molecule has 2 aromatic carbocycles. The van der Waals surface area contributed by atoms with E-state index in [0.29, 0.717) is 6.42 Å². The van der Waals surface area contributed by atoms with Crippen LogP contribution in [0.15, 0.2) is 42.5 Å². The van der Waals surface area contributed by atoms with E-state index >= 15 is 0 Å². The summed E-state index contributed by atoms with van der Waals surface area (Å²) >= 11 is 11.9. The van der Waals surface area contributed by atoms with Gasteiger partial charge in [0.25, 0.3) is 0 Å². The monoisotopic (exact) mass is 298 g/mol. The molecule has 0 saturated carbocycles. The maximum atomic E-state index is 13.4. The Morgan fingerprint density at radius 1 is 1.16 bits per heavy atom. The molecule has 0 fully saturated rings. The van der Waals surface area contributed by atoms with Crippen molar-refractivity contribution in [1.82, 2.24) is 0 Å². The third-order valence-electron chi connectivity index (χ3n) is 2.88. The molecule has 0 aliphatic carbocycles. The largest absolute Gasteiger partial charge is 0.497 e. The van der Waals surface area contributed by atoms with Crippen molar-refractivity contribution in [2.45, 2.75) is 11.8 Å². The van der Waals surface area contributed by atoms with Crippen LogP contribution in [-0.4, -0.2) is 7.11 Å². The zero-order valence-corrected chi connectivity index (χ0v) is 11.9. The molecule has 0 aliphatic rings. The average Bonchev–Trinajstić information content (AvgIpc) is 2.42. The zero-order valence-electron chi connectivity index (χ0n) is 10.4. The van der Waals surface area contributed by atoms with Crippen LogP contribution in [-0.2, 0) is 6.42 Å². The number of methoxy groups -OCH3 is 1. The number of alkyl halides is 1. The van der Waals surface area contributed by atoms with Crippen molar-refractivity contribution >= 4 is 23.2 Å². The molecule has 0 amide bonds. The molecule has 1 atom stereocenters. The standard InChI is InChI=1S/C15H13Cl2FO/c1-19-12-5-2-10(3-6-12)8-14(17)11-4-7-13(16)15(18)9-11/h2-7,9,14H,8H2,1H3.